The Bertz CT molecular complexity index is 1290. The van der Waals surface area contributed by atoms with Gasteiger partial charge in [-0.05, 0) is 43.3 Å². The van der Waals surface area contributed by atoms with Gasteiger partial charge >= 0.3 is 12.4 Å². The van der Waals surface area contributed by atoms with Gasteiger partial charge in [-0.2, -0.15) is 36.1 Å². The van der Waals surface area contributed by atoms with Gasteiger partial charge in [-0.15, -0.1) is 0 Å². The predicted octanol–water partition coefficient (Wildman–Crippen LogP) is 4.10. The molecule has 0 bridgehead atoms. The van der Waals surface area contributed by atoms with E-state index in [-0.39, 0.29) is 16.9 Å². The Balaban J connectivity index is 2.12. The number of hydrogen-bond donors (Lipinski definition) is 2. The maximum atomic E-state index is 13.7. The number of alkyl halides is 6. The van der Waals surface area contributed by atoms with Gasteiger partial charge in [0.1, 0.15) is 11.4 Å². The summed E-state index contributed by atoms with van der Waals surface area (Å²) < 4.78 is 91.3. The van der Waals surface area contributed by atoms with Crippen LogP contribution >= 0.6 is 0 Å². The fraction of sp³-hybridized carbons (Fsp3) is 0.227. The summed E-state index contributed by atoms with van der Waals surface area (Å²) in [5.41, 5.74) is -3.18. The SMILES string of the molecule is C[C@@H](NC(=O)c1cc(-c2ccc(C(F)(F)F)cc2)nn(-c2cccc(F)c2)c1=O)[C@@H](O)C(F)(F)F. The monoisotopic (exact) mass is 503 g/mol. The van der Waals surface area contributed by atoms with Crippen LogP contribution in [-0.4, -0.2) is 39.1 Å². The molecular formula is C22H16F7N3O3. The van der Waals surface area contributed by atoms with Crippen molar-refractivity contribution in [1.82, 2.24) is 15.1 Å². The van der Waals surface area contributed by atoms with Gasteiger partial charge in [0.25, 0.3) is 11.5 Å². The summed E-state index contributed by atoms with van der Waals surface area (Å²) in [6.45, 7) is 0.860. The number of amides is 1. The van der Waals surface area contributed by atoms with Gasteiger partial charge in [0, 0.05) is 5.56 Å². The second kappa shape index (κ2) is 9.49. The molecule has 13 heteroatoms. The van der Waals surface area contributed by atoms with Gasteiger partial charge in [-0.25, -0.2) is 4.39 Å². The average molecular weight is 503 g/mol. The van der Waals surface area contributed by atoms with Crippen LogP contribution in [0.3, 0.4) is 0 Å². The van der Waals surface area contributed by atoms with E-state index in [1.54, 1.807) is 0 Å². The number of nitrogens with zero attached hydrogens (tertiary/aromatic N) is 2. The molecule has 0 unspecified atom stereocenters. The van der Waals surface area contributed by atoms with E-state index < -0.39 is 52.9 Å². The molecule has 6 nitrogen and oxygen atoms in total. The largest absolute Gasteiger partial charge is 0.416 e. The topological polar surface area (TPSA) is 84.2 Å². The van der Waals surface area contributed by atoms with Crippen molar-refractivity contribution in [2.45, 2.75) is 31.4 Å². The first kappa shape index (κ1) is 25.9. The second-order valence-electron chi connectivity index (χ2n) is 7.46. The smallest absolute Gasteiger partial charge is 0.382 e. The quantitative estimate of drug-likeness (QED) is 0.514. The number of hydrogen-bond acceptors (Lipinski definition) is 4. The molecule has 0 aliphatic carbocycles. The number of rotatable bonds is 5. The van der Waals surface area contributed by atoms with E-state index in [1.165, 1.54) is 12.1 Å². The third-order valence-electron chi connectivity index (χ3n) is 4.88. The summed E-state index contributed by atoms with van der Waals surface area (Å²) >= 11 is 0. The van der Waals surface area contributed by atoms with E-state index in [4.69, 9.17) is 0 Å². The molecule has 0 aliphatic heterocycles. The number of nitrogens with one attached hydrogen (secondary N) is 1. The lowest BCUT2D eigenvalue weighted by atomic mass is 10.1. The third-order valence-corrected chi connectivity index (χ3v) is 4.88. The molecule has 0 saturated heterocycles. The van der Waals surface area contributed by atoms with Crippen LogP contribution in [0, 0.1) is 5.82 Å². The van der Waals surface area contributed by atoms with Crippen molar-refractivity contribution in [3.8, 4) is 16.9 Å². The highest BCUT2D eigenvalue weighted by Crippen LogP contribution is 2.30. The summed E-state index contributed by atoms with van der Waals surface area (Å²) in [4.78, 5) is 25.6. The summed E-state index contributed by atoms with van der Waals surface area (Å²) in [7, 11) is 0. The molecule has 1 heterocycles. The van der Waals surface area contributed by atoms with Crippen molar-refractivity contribution in [3.05, 3.63) is 81.9 Å². The fourth-order valence-electron chi connectivity index (χ4n) is 3.06. The number of carbonyl (C=O) groups excluding carboxylic acids is 1. The van der Waals surface area contributed by atoms with E-state index in [9.17, 15) is 45.4 Å². The number of aliphatic hydroxyl groups is 1. The van der Waals surface area contributed by atoms with E-state index in [2.05, 4.69) is 5.10 Å². The van der Waals surface area contributed by atoms with Crippen LogP contribution in [0.5, 0.6) is 0 Å². The Morgan fingerprint density at radius 3 is 2.20 bits per heavy atom. The van der Waals surface area contributed by atoms with Crippen molar-refractivity contribution in [1.29, 1.82) is 0 Å². The molecule has 0 aliphatic rings. The second-order valence-corrected chi connectivity index (χ2v) is 7.46. The molecule has 3 rings (SSSR count). The summed E-state index contributed by atoms with van der Waals surface area (Å²) in [6.07, 6.45) is -12.6. The van der Waals surface area contributed by atoms with Gasteiger partial charge < -0.3 is 10.4 Å². The highest BCUT2D eigenvalue weighted by atomic mass is 19.4. The Morgan fingerprint density at radius 2 is 1.66 bits per heavy atom. The molecule has 0 spiro atoms. The van der Waals surface area contributed by atoms with E-state index >= 15 is 0 Å². The fourth-order valence-corrected chi connectivity index (χ4v) is 3.06. The average Bonchev–Trinajstić information content (AvgIpc) is 2.77. The van der Waals surface area contributed by atoms with E-state index in [0.29, 0.717) is 4.68 Å². The standard InChI is InChI=1S/C22H16F7N3O3/c1-11(18(33)22(27,28)29)30-19(34)16-10-17(12-5-7-13(8-6-12)21(24,25)26)31-32(20(16)35)15-4-2-3-14(23)9-15/h2-11,18,33H,1H3,(H,30,34)/t11-,18-/m1/s1. The van der Waals surface area contributed by atoms with E-state index in [1.807, 2.05) is 5.32 Å². The molecular weight excluding hydrogens is 487 g/mol. The minimum atomic E-state index is -5.06. The van der Waals surface area contributed by atoms with Crippen molar-refractivity contribution in [3.63, 3.8) is 0 Å². The first-order valence-electron chi connectivity index (χ1n) is 9.82. The molecule has 1 aromatic heterocycles. The molecule has 2 atom stereocenters. The van der Waals surface area contributed by atoms with Crippen LogP contribution in [0.15, 0.2) is 59.4 Å². The van der Waals surface area contributed by atoms with Gasteiger partial charge in [-0.1, -0.05) is 18.2 Å². The lowest BCUT2D eigenvalue weighted by Crippen LogP contribution is -2.49. The first-order valence-corrected chi connectivity index (χ1v) is 9.82. The zero-order chi connectivity index (χ0) is 26.1. The number of carbonyl (C=O) groups is 1. The maximum Gasteiger partial charge on any atom is 0.416 e. The van der Waals surface area contributed by atoms with E-state index in [0.717, 1.165) is 49.4 Å². The third kappa shape index (κ3) is 5.85. The molecule has 3 aromatic rings. The van der Waals surface area contributed by atoms with Crippen molar-refractivity contribution in [2.24, 2.45) is 0 Å². The molecule has 0 radical (unpaired) electrons. The summed E-state index contributed by atoms with van der Waals surface area (Å²) in [5, 5.41) is 15.2. The highest BCUT2D eigenvalue weighted by Gasteiger charge is 2.42. The summed E-state index contributed by atoms with van der Waals surface area (Å²) in [5.74, 6) is -2.09. The minimum Gasteiger partial charge on any atom is -0.382 e. The van der Waals surface area contributed by atoms with Crippen LogP contribution < -0.4 is 10.9 Å². The predicted molar refractivity (Wildman–Crippen MR) is 109 cm³/mol. The van der Waals surface area contributed by atoms with Crippen molar-refractivity contribution < 1.29 is 40.6 Å². The highest BCUT2D eigenvalue weighted by molar-refractivity contribution is 5.95. The number of benzene rings is 2. The van der Waals surface area contributed by atoms with Gasteiger partial charge in [0.05, 0.1) is 23.0 Å². The number of aromatic nitrogens is 2. The van der Waals surface area contributed by atoms with Crippen LogP contribution in [0.4, 0.5) is 30.7 Å². The number of halogens is 7. The van der Waals surface area contributed by atoms with Crippen molar-refractivity contribution >= 4 is 5.91 Å². The van der Waals surface area contributed by atoms with Crippen LogP contribution in [0.25, 0.3) is 16.9 Å². The number of aliphatic hydroxyl groups excluding tert-OH is 1. The van der Waals surface area contributed by atoms with Crippen LogP contribution in [0.2, 0.25) is 0 Å². The Morgan fingerprint density at radius 1 is 1.03 bits per heavy atom. The molecule has 35 heavy (non-hydrogen) atoms. The molecule has 0 saturated carbocycles. The molecule has 1 amide bonds. The normalized spacial score (nSPS) is 13.9. The lowest BCUT2D eigenvalue weighted by Gasteiger charge is -2.22. The molecule has 0 fully saturated rings. The zero-order valence-corrected chi connectivity index (χ0v) is 17.7. The van der Waals surface area contributed by atoms with Crippen LogP contribution in [0.1, 0.15) is 22.8 Å². The molecule has 2 N–H and O–H groups in total. The van der Waals surface area contributed by atoms with Gasteiger partial charge in [0.15, 0.2) is 6.10 Å². The Hall–Kier alpha value is -3.74. The minimum absolute atomic E-state index is 0.0283. The molecule has 2 aromatic carbocycles. The first-order chi connectivity index (χ1) is 16.2. The van der Waals surface area contributed by atoms with Crippen molar-refractivity contribution in [2.75, 3.05) is 0 Å². The van der Waals surface area contributed by atoms with Crippen LogP contribution in [-0.2, 0) is 6.18 Å². The van der Waals surface area contributed by atoms with Gasteiger partial charge in [-0.3, -0.25) is 9.59 Å². The maximum absolute atomic E-state index is 13.7. The zero-order valence-electron chi connectivity index (χ0n) is 17.7. The molecule has 186 valence electrons. The Labute approximate surface area is 192 Å². The summed E-state index contributed by atoms with van der Waals surface area (Å²) in [6, 6.07) is 6.95. The van der Waals surface area contributed by atoms with Gasteiger partial charge in [0.2, 0.25) is 0 Å². The lowest BCUT2D eigenvalue weighted by molar-refractivity contribution is -0.209. The Kier molecular flexibility index (Phi) is 7.01.